The highest BCUT2D eigenvalue weighted by Gasteiger charge is 2.17. The zero-order valence-electron chi connectivity index (χ0n) is 13.7. The molecule has 1 aliphatic carbocycles. The second-order valence-corrected chi connectivity index (χ2v) is 6.44. The summed E-state index contributed by atoms with van der Waals surface area (Å²) < 4.78 is 1.62. The van der Waals surface area contributed by atoms with Gasteiger partial charge in [-0.2, -0.15) is 0 Å². The molecule has 1 aromatic heterocycles. The summed E-state index contributed by atoms with van der Waals surface area (Å²) in [4.78, 5) is 14.4. The number of rotatable bonds is 7. The first-order chi connectivity index (χ1) is 11.3. The van der Waals surface area contributed by atoms with Gasteiger partial charge in [0, 0.05) is 6.54 Å². The van der Waals surface area contributed by atoms with Gasteiger partial charge in [0.1, 0.15) is 6.54 Å². The Morgan fingerprint density at radius 3 is 2.87 bits per heavy atom. The zero-order valence-corrected chi connectivity index (χ0v) is 13.7. The number of carbonyl (C=O) groups excluding carboxylic acids is 1. The van der Waals surface area contributed by atoms with Gasteiger partial charge in [-0.3, -0.25) is 9.69 Å². The monoisotopic (exact) mass is 318 g/mol. The molecular formula is C16H26N6O. The standard InChI is InChI=1S/C16H26N6O/c23-16(17-9-8-14-6-2-1-3-7-14)13-22-15(18-19-20-22)12-21-10-4-5-11-21/h6H,1-5,7-13H2,(H,17,23). The maximum Gasteiger partial charge on any atom is 0.241 e. The van der Waals surface area contributed by atoms with Crippen molar-refractivity contribution in [2.24, 2.45) is 0 Å². The Morgan fingerprint density at radius 2 is 2.09 bits per heavy atom. The van der Waals surface area contributed by atoms with Crippen LogP contribution in [-0.2, 0) is 17.9 Å². The van der Waals surface area contributed by atoms with Crippen molar-refractivity contribution in [1.82, 2.24) is 30.4 Å². The van der Waals surface area contributed by atoms with E-state index >= 15 is 0 Å². The summed E-state index contributed by atoms with van der Waals surface area (Å²) in [7, 11) is 0. The first-order valence-corrected chi connectivity index (χ1v) is 8.73. The van der Waals surface area contributed by atoms with Crippen molar-refractivity contribution >= 4 is 5.91 Å². The van der Waals surface area contributed by atoms with E-state index in [4.69, 9.17) is 0 Å². The number of hydrogen-bond acceptors (Lipinski definition) is 5. The van der Waals surface area contributed by atoms with Gasteiger partial charge in [-0.05, 0) is 68.5 Å². The molecular weight excluding hydrogens is 292 g/mol. The number of amides is 1. The highest BCUT2D eigenvalue weighted by molar-refractivity contribution is 5.75. The Labute approximate surface area is 137 Å². The average molecular weight is 318 g/mol. The number of nitrogens with one attached hydrogen (secondary N) is 1. The molecule has 0 radical (unpaired) electrons. The van der Waals surface area contributed by atoms with Crippen molar-refractivity contribution in [2.45, 2.75) is 58.0 Å². The van der Waals surface area contributed by atoms with Crippen molar-refractivity contribution in [3.05, 3.63) is 17.5 Å². The largest absolute Gasteiger partial charge is 0.354 e. The molecule has 23 heavy (non-hydrogen) atoms. The van der Waals surface area contributed by atoms with Crippen LogP contribution in [0.1, 0.15) is 50.8 Å². The summed E-state index contributed by atoms with van der Waals surface area (Å²) >= 11 is 0. The van der Waals surface area contributed by atoms with Gasteiger partial charge >= 0.3 is 0 Å². The molecule has 1 fully saturated rings. The smallest absolute Gasteiger partial charge is 0.241 e. The fraction of sp³-hybridized carbons (Fsp3) is 0.750. The fourth-order valence-corrected chi connectivity index (χ4v) is 3.29. The van der Waals surface area contributed by atoms with E-state index in [1.165, 1.54) is 44.1 Å². The lowest BCUT2D eigenvalue weighted by atomic mass is 9.97. The van der Waals surface area contributed by atoms with Crippen molar-refractivity contribution in [3.8, 4) is 0 Å². The second kappa shape index (κ2) is 8.19. The number of allylic oxidation sites excluding steroid dienone is 1. The molecule has 1 aliphatic heterocycles. The first kappa shape index (κ1) is 16.1. The molecule has 1 saturated heterocycles. The van der Waals surface area contributed by atoms with Gasteiger partial charge in [-0.15, -0.1) is 5.10 Å². The van der Waals surface area contributed by atoms with E-state index in [-0.39, 0.29) is 12.5 Å². The van der Waals surface area contributed by atoms with Gasteiger partial charge in [0.05, 0.1) is 6.54 Å². The van der Waals surface area contributed by atoms with Gasteiger partial charge in [-0.25, -0.2) is 4.68 Å². The third-order valence-electron chi connectivity index (χ3n) is 4.62. The van der Waals surface area contributed by atoms with Crippen molar-refractivity contribution < 1.29 is 4.79 Å². The van der Waals surface area contributed by atoms with Crippen molar-refractivity contribution in [3.63, 3.8) is 0 Å². The third-order valence-corrected chi connectivity index (χ3v) is 4.62. The van der Waals surface area contributed by atoms with Crippen LogP contribution in [0.25, 0.3) is 0 Å². The fourth-order valence-electron chi connectivity index (χ4n) is 3.29. The summed E-state index contributed by atoms with van der Waals surface area (Å²) in [5.74, 6) is 0.758. The molecule has 0 saturated carbocycles. The van der Waals surface area contributed by atoms with Gasteiger partial charge in [0.2, 0.25) is 5.91 Å². The maximum atomic E-state index is 12.1. The molecule has 1 aromatic rings. The number of aromatic nitrogens is 4. The molecule has 2 heterocycles. The maximum absolute atomic E-state index is 12.1. The highest BCUT2D eigenvalue weighted by atomic mass is 16.2. The van der Waals surface area contributed by atoms with Gasteiger partial charge in [-0.1, -0.05) is 11.6 Å². The highest BCUT2D eigenvalue weighted by Crippen LogP contribution is 2.19. The summed E-state index contributed by atoms with van der Waals surface area (Å²) in [5.41, 5.74) is 1.48. The van der Waals surface area contributed by atoms with E-state index in [0.29, 0.717) is 6.54 Å². The van der Waals surface area contributed by atoms with Crippen LogP contribution in [0, 0.1) is 0 Å². The predicted molar refractivity (Wildman–Crippen MR) is 86.5 cm³/mol. The van der Waals surface area contributed by atoms with Gasteiger partial charge < -0.3 is 5.32 Å². The Balaban J connectivity index is 1.42. The van der Waals surface area contributed by atoms with Crippen LogP contribution < -0.4 is 5.32 Å². The minimum atomic E-state index is -0.0172. The zero-order chi connectivity index (χ0) is 15.9. The number of likely N-dealkylation sites (tertiary alicyclic amines) is 1. The van der Waals surface area contributed by atoms with E-state index < -0.39 is 0 Å². The SMILES string of the molecule is O=C(Cn1nnnc1CN1CCCC1)NCCC1=CCCCC1. The Kier molecular flexibility index (Phi) is 5.74. The lowest BCUT2D eigenvalue weighted by Crippen LogP contribution is -2.30. The van der Waals surface area contributed by atoms with E-state index in [9.17, 15) is 4.79 Å². The quantitative estimate of drug-likeness (QED) is 0.766. The summed E-state index contributed by atoms with van der Waals surface area (Å²) in [6.45, 7) is 3.82. The van der Waals surface area contributed by atoms with Crippen LogP contribution in [0.5, 0.6) is 0 Å². The molecule has 126 valence electrons. The molecule has 0 atom stereocenters. The number of carbonyl (C=O) groups is 1. The van der Waals surface area contributed by atoms with Crippen LogP contribution in [0.4, 0.5) is 0 Å². The third kappa shape index (κ3) is 4.86. The molecule has 0 aromatic carbocycles. The summed E-state index contributed by atoms with van der Waals surface area (Å²) in [5, 5.41) is 14.7. The van der Waals surface area contributed by atoms with Crippen LogP contribution >= 0.6 is 0 Å². The Hall–Kier alpha value is -1.76. The van der Waals surface area contributed by atoms with Crippen molar-refractivity contribution in [2.75, 3.05) is 19.6 Å². The normalized spacial score (nSPS) is 18.9. The van der Waals surface area contributed by atoms with E-state index in [0.717, 1.165) is 31.9 Å². The van der Waals surface area contributed by atoms with Crippen LogP contribution in [0.2, 0.25) is 0 Å². The molecule has 7 heteroatoms. The predicted octanol–water partition coefficient (Wildman–Crippen LogP) is 1.28. The average Bonchev–Trinajstić information content (AvgIpc) is 3.22. The van der Waals surface area contributed by atoms with Crippen LogP contribution in [0.3, 0.4) is 0 Å². The first-order valence-electron chi connectivity index (χ1n) is 8.73. The lowest BCUT2D eigenvalue weighted by Gasteiger charge is -2.14. The molecule has 3 rings (SSSR count). The number of nitrogens with zero attached hydrogens (tertiary/aromatic N) is 5. The molecule has 0 spiro atoms. The summed E-state index contributed by atoms with van der Waals surface area (Å²) in [6, 6.07) is 0. The van der Waals surface area contributed by atoms with Crippen molar-refractivity contribution in [1.29, 1.82) is 0 Å². The summed E-state index contributed by atoms with van der Waals surface area (Å²) in [6.07, 6.45) is 10.7. The van der Waals surface area contributed by atoms with Gasteiger partial charge in [0.25, 0.3) is 0 Å². The second-order valence-electron chi connectivity index (χ2n) is 6.44. The molecule has 1 N–H and O–H groups in total. The Morgan fingerprint density at radius 1 is 1.22 bits per heavy atom. The molecule has 0 bridgehead atoms. The minimum Gasteiger partial charge on any atom is -0.354 e. The molecule has 2 aliphatic rings. The number of hydrogen-bond donors (Lipinski definition) is 1. The minimum absolute atomic E-state index is 0.0172. The van der Waals surface area contributed by atoms with Crippen LogP contribution in [0.15, 0.2) is 11.6 Å². The van der Waals surface area contributed by atoms with E-state index in [1.807, 2.05) is 0 Å². The van der Waals surface area contributed by atoms with E-state index in [1.54, 1.807) is 4.68 Å². The van der Waals surface area contributed by atoms with Gasteiger partial charge in [0.15, 0.2) is 5.82 Å². The molecule has 1 amide bonds. The Bertz CT molecular complexity index is 547. The van der Waals surface area contributed by atoms with E-state index in [2.05, 4.69) is 31.8 Å². The lowest BCUT2D eigenvalue weighted by molar-refractivity contribution is -0.121. The van der Waals surface area contributed by atoms with Crippen LogP contribution in [-0.4, -0.2) is 50.6 Å². The topological polar surface area (TPSA) is 75.9 Å². The molecule has 7 nitrogen and oxygen atoms in total. The molecule has 0 unspecified atom stereocenters. The number of tetrazole rings is 1.